The molecule has 2 rings (SSSR count). The standard InChI is InChI=1S/C10H13N5O2S.ClH/c1-5(11)8-13-6(2)14-15(8)10-12-4-7(18-10)9(16)17-3;/h4-5H,11H2,1-3H3;1H/t5-;/m0./s1. The predicted octanol–water partition coefficient (Wildman–Crippen LogP) is 1.26. The van der Waals surface area contributed by atoms with Crippen molar-refractivity contribution in [2.45, 2.75) is 19.9 Å². The van der Waals surface area contributed by atoms with Crippen molar-refractivity contribution in [3.63, 3.8) is 0 Å². The number of nitrogens with two attached hydrogens (primary N) is 1. The van der Waals surface area contributed by atoms with E-state index in [9.17, 15) is 4.79 Å². The van der Waals surface area contributed by atoms with Gasteiger partial charge in [0, 0.05) is 0 Å². The van der Waals surface area contributed by atoms with E-state index in [1.54, 1.807) is 11.6 Å². The van der Waals surface area contributed by atoms with Crippen molar-refractivity contribution in [3.8, 4) is 5.13 Å². The van der Waals surface area contributed by atoms with Gasteiger partial charge in [-0.3, -0.25) is 0 Å². The van der Waals surface area contributed by atoms with Gasteiger partial charge < -0.3 is 10.5 Å². The number of thiazole rings is 1. The Labute approximate surface area is 120 Å². The maximum Gasteiger partial charge on any atom is 0.349 e. The zero-order valence-corrected chi connectivity index (χ0v) is 12.3. The van der Waals surface area contributed by atoms with E-state index in [-0.39, 0.29) is 18.4 Å². The highest BCUT2D eigenvalue weighted by molar-refractivity contribution is 7.15. The molecule has 0 fully saturated rings. The van der Waals surface area contributed by atoms with Crippen LogP contribution in [0.1, 0.15) is 34.3 Å². The lowest BCUT2D eigenvalue weighted by Crippen LogP contribution is -2.13. The molecule has 0 aliphatic heterocycles. The van der Waals surface area contributed by atoms with Gasteiger partial charge in [-0.2, -0.15) is 4.68 Å². The fourth-order valence-corrected chi connectivity index (χ4v) is 2.22. The Kier molecular flexibility index (Phi) is 4.98. The van der Waals surface area contributed by atoms with E-state index in [0.717, 1.165) is 0 Å². The van der Waals surface area contributed by atoms with Crippen LogP contribution in [0.3, 0.4) is 0 Å². The monoisotopic (exact) mass is 303 g/mol. The highest BCUT2D eigenvalue weighted by Crippen LogP contribution is 2.20. The van der Waals surface area contributed by atoms with Crippen LogP contribution in [0.25, 0.3) is 5.13 Å². The Balaban J connectivity index is 0.00000180. The van der Waals surface area contributed by atoms with Crippen molar-refractivity contribution in [1.82, 2.24) is 19.7 Å². The van der Waals surface area contributed by atoms with E-state index < -0.39 is 5.97 Å². The molecule has 0 aromatic carbocycles. The second-order valence-electron chi connectivity index (χ2n) is 3.72. The molecule has 19 heavy (non-hydrogen) atoms. The number of nitrogens with zero attached hydrogens (tertiary/aromatic N) is 4. The van der Waals surface area contributed by atoms with Gasteiger partial charge in [0.15, 0.2) is 5.82 Å². The predicted molar refractivity (Wildman–Crippen MR) is 73.0 cm³/mol. The summed E-state index contributed by atoms with van der Waals surface area (Å²) in [7, 11) is 1.33. The number of rotatable bonds is 3. The molecule has 2 N–H and O–H groups in total. The summed E-state index contributed by atoms with van der Waals surface area (Å²) in [5, 5.41) is 4.77. The van der Waals surface area contributed by atoms with Crippen molar-refractivity contribution in [2.24, 2.45) is 5.73 Å². The summed E-state index contributed by atoms with van der Waals surface area (Å²) in [6.07, 6.45) is 1.45. The fraction of sp³-hybridized carbons (Fsp3) is 0.400. The number of carbonyl (C=O) groups is 1. The Hall–Kier alpha value is -1.51. The average Bonchev–Trinajstić information content (AvgIpc) is 2.93. The molecule has 0 saturated heterocycles. The molecule has 0 spiro atoms. The number of hydrogen-bond acceptors (Lipinski definition) is 7. The molecule has 0 amide bonds. The Bertz CT molecular complexity index is 580. The number of aromatic nitrogens is 4. The summed E-state index contributed by atoms with van der Waals surface area (Å²) >= 11 is 1.18. The van der Waals surface area contributed by atoms with E-state index in [1.807, 2.05) is 6.92 Å². The number of methoxy groups -OCH3 is 1. The van der Waals surface area contributed by atoms with Gasteiger partial charge >= 0.3 is 5.97 Å². The van der Waals surface area contributed by atoms with Gasteiger partial charge in [-0.25, -0.2) is 14.8 Å². The van der Waals surface area contributed by atoms with Gasteiger partial charge in [-0.15, -0.1) is 17.5 Å². The molecule has 2 heterocycles. The summed E-state index contributed by atoms with van der Waals surface area (Å²) in [6.45, 7) is 3.59. The maximum absolute atomic E-state index is 11.4. The van der Waals surface area contributed by atoms with Crippen molar-refractivity contribution in [2.75, 3.05) is 7.11 Å². The van der Waals surface area contributed by atoms with Crippen LogP contribution in [0.2, 0.25) is 0 Å². The molecule has 0 unspecified atom stereocenters. The van der Waals surface area contributed by atoms with E-state index in [0.29, 0.717) is 21.7 Å². The normalized spacial score (nSPS) is 11.8. The lowest BCUT2D eigenvalue weighted by Gasteiger charge is -2.04. The lowest BCUT2D eigenvalue weighted by atomic mass is 10.3. The molecule has 0 saturated carbocycles. The topological polar surface area (TPSA) is 95.9 Å². The second kappa shape index (κ2) is 6.09. The Morgan fingerprint density at radius 2 is 2.26 bits per heavy atom. The third kappa shape index (κ3) is 3.09. The number of carbonyl (C=O) groups excluding carboxylic acids is 1. The molecular weight excluding hydrogens is 290 g/mol. The van der Waals surface area contributed by atoms with Gasteiger partial charge in [-0.05, 0) is 13.8 Å². The molecular formula is C10H14ClN5O2S. The minimum absolute atomic E-state index is 0. The third-order valence-corrected chi connectivity index (χ3v) is 3.16. The molecule has 0 aliphatic rings. The zero-order valence-electron chi connectivity index (χ0n) is 10.7. The van der Waals surface area contributed by atoms with E-state index in [4.69, 9.17) is 5.73 Å². The molecule has 1 atom stereocenters. The molecule has 2 aromatic rings. The van der Waals surface area contributed by atoms with Crippen molar-refractivity contribution in [1.29, 1.82) is 0 Å². The van der Waals surface area contributed by atoms with Gasteiger partial charge in [-0.1, -0.05) is 11.3 Å². The molecule has 0 bridgehead atoms. The minimum atomic E-state index is -0.419. The molecule has 0 radical (unpaired) electrons. The molecule has 7 nitrogen and oxygen atoms in total. The van der Waals surface area contributed by atoms with E-state index in [1.165, 1.54) is 24.6 Å². The maximum atomic E-state index is 11.4. The summed E-state index contributed by atoms with van der Waals surface area (Å²) in [5.74, 6) is 0.799. The SMILES string of the molecule is COC(=O)c1cnc(-n2nc(C)nc2[C@H](C)N)s1.Cl. The van der Waals surface area contributed by atoms with Crippen LogP contribution >= 0.6 is 23.7 Å². The van der Waals surface area contributed by atoms with Crippen molar-refractivity contribution >= 4 is 29.7 Å². The molecule has 2 aromatic heterocycles. The first kappa shape index (κ1) is 15.5. The lowest BCUT2D eigenvalue weighted by molar-refractivity contribution is 0.0606. The van der Waals surface area contributed by atoms with Gasteiger partial charge in [0.2, 0.25) is 5.13 Å². The average molecular weight is 304 g/mol. The Morgan fingerprint density at radius 1 is 1.58 bits per heavy atom. The second-order valence-corrected chi connectivity index (χ2v) is 4.73. The number of esters is 1. The van der Waals surface area contributed by atoms with Gasteiger partial charge in [0.1, 0.15) is 10.7 Å². The summed E-state index contributed by atoms with van der Waals surface area (Å²) < 4.78 is 6.18. The van der Waals surface area contributed by atoms with E-state index in [2.05, 4.69) is 19.8 Å². The minimum Gasteiger partial charge on any atom is -0.465 e. The largest absolute Gasteiger partial charge is 0.465 e. The number of hydrogen-bond donors (Lipinski definition) is 1. The van der Waals surface area contributed by atoms with Crippen LogP contribution in [0.5, 0.6) is 0 Å². The van der Waals surface area contributed by atoms with E-state index >= 15 is 0 Å². The smallest absolute Gasteiger partial charge is 0.349 e. The highest BCUT2D eigenvalue weighted by atomic mass is 35.5. The number of aryl methyl sites for hydroxylation is 1. The van der Waals surface area contributed by atoms with Crippen molar-refractivity contribution < 1.29 is 9.53 Å². The van der Waals surface area contributed by atoms with Gasteiger partial charge in [0.25, 0.3) is 0 Å². The zero-order chi connectivity index (χ0) is 13.3. The van der Waals surface area contributed by atoms with Crippen LogP contribution in [0.15, 0.2) is 6.20 Å². The van der Waals surface area contributed by atoms with Crippen LogP contribution in [-0.4, -0.2) is 32.8 Å². The van der Waals surface area contributed by atoms with Crippen LogP contribution in [0, 0.1) is 6.92 Å². The number of halogens is 1. The van der Waals surface area contributed by atoms with Crippen LogP contribution < -0.4 is 5.73 Å². The van der Waals surface area contributed by atoms with Crippen LogP contribution in [-0.2, 0) is 4.74 Å². The summed E-state index contributed by atoms with van der Waals surface area (Å²) in [5.41, 5.74) is 5.82. The first-order chi connectivity index (χ1) is 8.52. The summed E-state index contributed by atoms with van der Waals surface area (Å²) in [4.78, 5) is 20.1. The first-order valence-corrected chi connectivity index (χ1v) is 6.08. The van der Waals surface area contributed by atoms with Gasteiger partial charge in [0.05, 0.1) is 19.3 Å². The quantitative estimate of drug-likeness (QED) is 0.858. The fourth-order valence-electron chi connectivity index (χ4n) is 1.42. The Morgan fingerprint density at radius 3 is 2.84 bits per heavy atom. The molecule has 0 aliphatic carbocycles. The highest BCUT2D eigenvalue weighted by Gasteiger charge is 2.17. The summed E-state index contributed by atoms with van der Waals surface area (Å²) in [6, 6.07) is -0.267. The third-order valence-electron chi connectivity index (χ3n) is 2.21. The van der Waals surface area contributed by atoms with Crippen LogP contribution in [0.4, 0.5) is 0 Å². The molecule has 104 valence electrons. The number of ether oxygens (including phenoxy) is 1. The first-order valence-electron chi connectivity index (χ1n) is 5.26. The van der Waals surface area contributed by atoms with Crippen molar-refractivity contribution in [3.05, 3.63) is 22.7 Å². The molecule has 9 heteroatoms.